The van der Waals surface area contributed by atoms with Crippen molar-refractivity contribution in [2.24, 2.45) is 0 Å². The van der Waals surface area contributed by atoms with E-state index in [1.54, 1.807) is 0 Å². The maximum atomic E-state index is 12.0. The van der Waals surface area contributed by atoms with Crippen molar-refractivity contribution in [2.45, 2.75) is 26.8 Å². The van der Waals surface area contributed by atoms with E-state index in [1.807, 2.05) is 24.3 Å². The Hall–Kier alpha value is -0.620. The normalized spacial score (nSPS) is 12.5. The van der Waals surface area contributed by atoms with Crippen molar-refractivity contribution in [1.82, 2.24) is 10.2 Å². The van der Waals surface area contributed by atoms with Crippen molar-refractivity contribution in [3.8, 4) is 0 Å². The van der Waals surface area contributed by atoms with E-state index in [0.29, 0.717) is 12.6 Å². The van der Waals surface area contributed by atoms with Gasteiger partial charge in [-0.3, -0.25) is 9.69 Å². The van der Waals surface area contributed by atoms with Gasteiger partial charge in [0.1, 0.15) is 0 Å². The molecule has 1 aromatic rings. The van der Waals surface area contributed by atoms with Gasteiger partial charge < -0.3 is 5.32 Å². The standard InChI is InChI=1S/C14H21IN2O/c1-4-17(5-2)11(3)10-16-14(18)12-8-6-7-9-13(12)15/h6-9,11H,4-5,10H2,1-3H3,(H,16,18). The molecular weight excluding hydrogens is 339 g/mol. The zero-order valence-electron chi connectivity index (χ0n) is 11.2. The number of amides is 1. The molecule has 3 nitrogen and oxygen atoms in total. The number of carbonyl (C=O) groups excluding carboxylic acids is 1. The molecule has 0 radical (unpaired) electrons. The number of benzene rings is 1. The molecule has 100 valence electrons. The first kappa shape index (κ1) is 15.4. The van der Waals surface area contributed by atoms with E-state index in [0.717, 1.165) is 22.2 Å². The van der Waals surface area contributed by atoms with Crippen LogP contribution in [0.3, 0.4) is 0 Å². The molecule has 0 heterocycles. The van der Waals surface area contributed by atoms with Crippen LogP contribution in [-0.4, -0.2) is 36.5 Å². The minimum atomic E-state index is 0.0130. The second kappa shape index (κ2) is 7.74. The largest absolute Gasteiger partial charge is 0.350 e. The highest BCUT2D eigenvalue weighted by Gasteiger charge is 2.13. The quantitative estimate of drug-likeness (QED) is 0.792. The van der Waals surface area contributed by atoms with Crippen LogP contribution in [0.5, 0.6) is 0 Å². The van der Waals surface area contributed by atoms with Crippen LogP contribution >= 0.6 is 22.6 Å². The smallest absolute Gasteiger partial charge is 0.252 e. The molecule has 0 aliphatic heterocycles. The molecule has 0 spiro atoms. The van der Waals surface area contributed by atoms with Crippen molar-refractivity contribution in [2.75, 3.05) is 19.6 Å². The highest BCUT2D eigenvalue weighted by Crippen LogP contribution is 2.11. The van der Waals surface area contributed by atoms with Crippen LogP contribution in [-0.2, 0) is 0 Å². The lowest BCUT2D eigenvalue weighted by atomic mass is 10.2. The van der Waals surface area contributed by atoms with Crippen molar-refractivity contribution in [3.05, 3.63) is 33.4 Å². The highest BCUT2D eigenvalue weighted by molar-refractivity contribution is 14.1. The number of likely N-dealkylation sites (N-methyl/N-ethyl adjacent to an activating group) is 1. The van der Waals surface area contributed by atoms with Gasteiger partial charge in [-0.25, -0.2) is 0 Å². The summed E-state index contributed by atoms with van der Waals surface area (Å²) in [5.41, 5.74) is 0.754. The first-order valence-corrected chi connectivity index (χ1v) is 7.44. The molecule has 1 aromatic carbocycles. The van der Waals surface area contributed by atoms with Gasteiger partial charge >= 0.3 is 0 Å². The number of halogens is 1. The summed E-state index contributed by atoms with van der Waals surface area (Å²) in [6.45, 7) is 9.13. The van der Waals surface area contributed by atoms with Gasteiger partial charge in [-0.05, 0) is 54.7 Å². The van der Waals surface area contributed by atoms with E-state index in [2.05, 4.69) is 53.6 Å². The Bertz CT molecular complexity index is 391. The summed E-state index contributed by atoms with van der Waals surface area (Å²) in [6.07, 6.45) is 0. The zero-order chi connectivity index (χ0) is 13.5. The molecule has 1 N–H and O–H groups in total. The van der Waals surface area contributed by atoms with Crippen molar-refractivity contribution < 1.29 is 4.79 Å². The molecule has 0 saturated carbocycles. The number of rotatable bonds is 6. The molecule has 0 bridgehead atoms. The van der Waals surface area contributed by atoms with E-state index in [4.69, 9.17) is 0 Å². The molecule has 4 heteroatoms. The summed E-state index contributed by atoms with van der Waals surface area (Å²) < 4.78 is 0.989. The van der Waals surface area contributed by atoms with Crippen LogP contribution in [0, 0.1) is 3.57 Å². The van der Waals surface area contributed by atoms with Crippen molar-refractivity contribution in [3.63, 3.8) is 0 Å². The van der Waals surface area contributed by atoms with Crippen LogP contribution in [0.2, 0.25) is 0 Å². The van der Waals surface area contributed by atoms with Gasteiger partial charge in [0.25, 0.3) is 5.91 Å². The first-order valence-electron chi connectivity index (χ1n) is 6.36. The fourth-order valence-electron chi connectivity index (χ4n) is 1.96. The average molecular weight is 360 g/mol. The van der Waals surface area contributed by atoms with Gasteiger partial charge in [0, 0.05) is 16.2 Å². The predicted octanol–water partition coefficient (Wildman–Crippen LogP) is 2.75. The summed E-state index contributed by atoms with van der Waals surface area (Å²) in [5, 5.41) is 3.00. The van der Waals surface area contributed by atoms with Crippen molar-refractivity contribution in [1.29, 1.82) is 0 Å². The maximum absolute atomic E-state index is 12.0. The molecule has 18 heavy (non-hydrogen) atoms. The summed E-state index contributed by atoms with van der Waals surface area (Å²) in [6, 6.07) is 8.01. The molecule has 1 unspecified atom stereocenters. The average Bonchev–Trinajstić information content (AvgIpc) is 2.38. The minimum Gasteiger partial charge on any atom is -0.350 e. The van der Waals surface area contributed by atoms with Gasteiger partial charge in [0.2, 0.25) is 0 Å². The molecule has 0 fully saturated rings. The Morgan fingerprint density at radius 3 is 2.50 bits per heavy atom. The predicted molar refractivity (Wildman–Crippen MR) is 83.9 cm³/mol. The Morgan fingerprint density at radius 1 is 1.33 bits per heavy atom. The Morgan fingerprint density at radius 2 is 1.94 bits per heavy atom. The SMILES string of the molecule is CCN(CC)C(C)CNC(=O)c1ccccc1I. The summed E-state index contributed by atoms with van der Waals surface area (Å²) >= 11 is 2.19. The van der Waals surface area contributed by atoms with E-state index in [-0.39, 0.29) is 5.91 Å². The third-order valence-corrected chi connectivity index (χ3v) is 4.05. The minimum absolute atomic E-state index is 0.0130. The van der Waals surface area contributed by atoms with Gasteiger partial charge in [0.05, 0.1) is 5.56 Å². The fraction of sp³-hybridized carbons (Fsp3) is 0.500. The maximum Gasteiger partial charge on any atom is 0.252 e. The van der Waals surface area contributed by atoms with Gasteiger partial charge in [-0.2, -0.15) is 0 Å². The lowest BCUT2D eigenvalue weighted by Gasteiger charge is -2.26. The summed E-state index contributed by atoms with van der Waals surface area (Å²) in [4.78, 5) is 14.4. The third-order valence-electron chi connectivity index (χ3n) is 3.11. The first-order chi connectivity index (χ1) is 8.60. The number of hydrogen-bond donors (Lipinski definition) is 1. The molecule has 1 rings (SSSR count). The Balaban J connectivity index is 2.54. The molecule has 0 saturated heterocycles. The lowest BCUT2D eigenvalue weighted by Crippen LogP contribution is -2.42. The molecule has 0 aliphatic rings. The molecule has 1 amide bonds. The van der Waals surface area contributed by atoms with E-state index < -0.39 is 0 Å². The van der Waals surface area contributed by atoms with Crippen LogP contribution in [0.4, 0.5) is 0 Å². The second-order valence-electron chi connectivity index (χ2n) is 4.26. The topological polar surface area (TPSA) is 32.3 Å². The van der Waals surface area contributed by atoms with Gasteiger partial charge in [0.15, 0.2) is 0 Å². The number of carbonyl (C=O) groups is 1. The summed E-state index contributed by atoms with van der Waals surface area (Å²) in [5.74, 6) is 0.0130. The second-order valence-corrected chi connectivity index (χ2v) is 5.42. The van der Waals surface area contributed by atoms with E-state index >= 15 is 0 Å². The van der Waals surface area contributed by atoms with E-state index in [1.165, 1.54) is 0 Å². The number of nitrogens with one attached hydrogen (secondary N) is 1. The van der Waals surface area contributed by atoms with Crippen LogP contribution in [0.25, 0.3) is 0 Å². The van der Waals surface area contributed by atoms with Gasteiger partial charge in [-0.1, -0.05) is 26.0 Å². The Kier molecular flexibility index (Phi) is 6.63. The molecule has 1 atom stereocenters. The monoisotopic (exact) mass is 360 g/mol. The Labute approximate surface area is 123 Å². The molecular formula is C14H21IN2O. The fourth-order valence-corrected chi connectivity index (χ4v) is 2.59. The van der Waals surface area contributed by atoms with E-state index in [9.17, 15) is 4.79 Å². The van der Waals surface area contributed by atoms with Crippen LogP contribution in [0.15, 0.2) is 24.3 Å². The third kappa shape index (κ3) is 4.24. The van der Waals surface area contributed by atoms with Crippen LogP contribution in [0.1, 0.15) is 31.1 Å². The number of nitrogens with zero attached hydrogens (tertiary/aromatic N) is 1. The zero-order valence-corrected chi connectivity index (χ0v) is 13.4. The van der Waals surface area contributed by atoms with Crippen molar-refractivity contribution >= 4 is 28.5 Å². The van der Waals surface area contributed by atoms with Gasteiger partial charge in [-0.15, -0.1) is 0 Å². The highest BCUT2D eigenvalue weighted by atomic mass is 127. The summed E-state index contributed by atoms with van der Waals surface area (Å²) in [7, 11) is 0. The lowest BCUT2D eigenvalue weighted by molar-refractivity contribution is 0.0937. The number of hydrogen-bond acceptors (Lipinski definition) is 2. The molecule has 0 aromatic heterocycles. The van der Waals surface area contributed by atoms with Crippen LogP contribution < -0.4 is 5.32 Å². The molecule has 0 aliphatic carbocycles.